The first-order valence-electron chi connectivity index (χ1n) is 8.84. The molecule has 0 saturated carbocycles. The lowest BCUT2D eigenvalue weighted by atomic mass is 10.2. The van der Waals surface area contributed by atoms with Gasteiger partial charge in [-0.05, 0) is 23.8 Å². The Bertz CT molecular complexity index is 1000. The van der Waals surface area contributed by atoms with Crippen molar-refractivity contribution in [3.05, 3.63) is 75.9 Å². The van der Waals surface area contributed by atoms with Gasteiger partial charge in [-0.1, -0.05) is 53.5 Å². The van der Waals surface area contributed by atoms with Gasteiger partial charge in [0.1, 0.15) is 11.4 Å². The fraction of sp³-hybridized carbons (Fsp3) is 0.200. The summed E-state index contributed by atoms with van der Waals surface area (Å²) in [6.07, 6.45) is -3.95. The Labute approximate surface area is 181 Å². The van der Waals surface area contributed by atoms with Crippen LogP contribution in [0, 0.1) is 0 Å². The van der Waals surface area contributed by atoms with Crippen LogP contribution in [0.1, 0.15) is 11.1 Å². The minimum absolute atomic E-state index is 0.0405. The van der Waals surface area contributed by atoms with Crippen LogP contribution >= 0.6 is 23.2 Å². The maximum absolute atomic E-state index is 13.6. The first-order valence-corrected chi connectivity index (χ1v) is 9.59. The molecule has 0 radical (unpaired) electrons. The maximum Gasteiger partial charge on any atom is 0.421 e. The Morgan fingerprint density at radius 1 is 1.03 bits per heavy atom. The molecule has 0 atom stereocenters. The van der Waals surface area contributed by atoms with E-state index in [4.69, 9.17) is 23.2 Å². The van der Waals surface area contributed by atoms with Crippen LogP contribution in [0.5, 0.6) is 0 Å². The number of hydrogen-bond acceptors (Lipinski definition) is 5. The lowest BCUT2D eigenvalue weighted by Crippen LogP contribution is -2.30. The van der Waals surface area contributed by atoms with Crippen LogP contribution in [-0.2, 0) is 12.7 Å². The highest BCUT2D eigenvalue weighted by Crippen LogP contribution is 2.36. The third kappa shape index (κ3) is 5.53. The van der Waals surface area contributed by atoms with Crippen LogP contribution in [0.25, 0.3) is 0 Å². The Morgan fingerprint density at radius 3 is 2.40 bits per heavy atom. The highest BCUT2D eigenvalue weighted by atomic mass is 35.5. The number of alkyl halides is 3. The average Bonchev–Trinajstić information content (AvgIpc) is 2.70. The molecule has 0 aliphatic heterocycles. The predicted octanol–water partition coefficient (Wildman–Crippen LogP) is 5.54. The molecule has 0 aliphatic carbocycles. The smallest absolute Gasteiger partial charge is 0.395 e. The number of halogens is 5. The molecule has 10 heteroatoms. The van der Waals surface area contributed by atoms with E-state index in [9.17, 15) is 18.3 Å². The molecule has 5 nitrogen and oxygen atoms in total. The summed E-state index contributed by atoms with van der Waals surface area (Å²) in [7, 11) is 0. The van der Waals surface area contributed by atoms with Gasteiger partial charge in [-0.15, -0.1) is 0 Å². The van der Waals surface area contributed by atoms with Crippen LogP contribution in [0.15, 0.2) is 54.7 Å². The van der Waals surface area contributed by atoms with Crippen molar-refractivity contribution in [3.63, 3.8) is 0 Å². The molecule has 1 aromatic heterocycles. The highest BCUT2D eigenvalue weighted by molar-refractivity contribution is 6.42. The van der Waals surface area contributed by atoms with Crippen molar-refractivity contribution in [2.45, 2.75) is 12.7 Å². The van der Waals surface area contributed by atoms with E-state index in [1.807, 2.05) is 6.07 Å². The Kier molecular flexibility index (Phi) is 7.02. The normalized spacial score (nSPS) is 11.4. The van der Waals surface area contributed by atoms with Crippen LogP contribution in [-0.4, -0.2) is 28.2 Å². The van der Waals surface area contributed by atoms with Gasteiger partial charge in [-0.2, -0.15) is 18.2 Å². The van der Waals surface area contributed by atoms with Crippen molar-refractivity contribution in [1.82, 2.24) is 9.97 Å². The third-order valence-corrected chi connectivity index (χ3v) is 4.87. The number of aliphatic hydroxyl groups excluding tert-OH is 1. The van der Waals surface area contributed by atoms with E-state index in [2.05, 4.69) is 15.3 Å². The maximum atomic E-state index is 13.6. The molecule has 30 heavy (non-hydrogen) atoms. The highest BCUT2D eigenvalue weighted by Gasteiger charge is 2.37. The Balaban J connectivity index is 1.99. The minimum Gasteiger partial charge on any atom is -0.395 e. The van der Waals surface area contributed by atoms with Gasteiger partial charge in [-0.3, -0.25) is 0 Å². The summed E-state index contributed by atoms with van der Waals surface area (Å²) in [5, 5.41) is 12.9. The lowest BCUT2D eigenvalue weighted by molar-refractivity contribution is -0.137. The molecule has 0 saturated heterocycles. The topological polar surface area (TPSA) is 61.3 Å². The summed E-state index contributed by atoms with van der Waals surface area (Å²) in [6, 6.07) is 13.6. The Hall–Kier alpha value is -2.55. The molecule has 3 aromatic rings. The summed E-state index contributed by atoms with van der Waals surface area (Å²) in [5.41, 5.74) is 0.245. The van der Waals surface area contributed by atoms with E-state index in [-0.39, 0.29) is 36.5 Å². The number of benzene rings is 2. The van der Waals surface area contributed by atoms with Gasteiger partial charge in [0.05, 0.1) is 16.7 Å². The van der Waals surface area contributed by atoms with E-state index >= 15 is 0 Å². The van der Waals surface area contributed by atoms with Crippen LogP contribution in [0.2, 0.25) is 10.0 Å². The van der Waals surface area contributed by atoms with Gasteiger partial charge < -0.3 is 15.3 Å². The quantitative estimate of drug-likeness (QED) is 0.488. The minimum atomic E-state index is -4.66. The summed E-state index contributed by atoms with van der Waals surface area (Å²) < 4.78 is 40.9. The van der Waals surface area contributed by atoms with Crippen LogP contribution in [0.3, 0.4) is 0 Å². The molecular formula is C20H17Cl2F3N4O. The number of anilines is 3. The fourth-order valence-electron chi connectivity index (χ4n) is 2.76. The zero-order valence-corrected chi connectivity index (χ0v) is 17.0. The monoisotopic (exact) mass is 456 g/mol. The number of hydrogen-bond donors (Lipinski definition) is 2. The second kappa shape index (κ2) is 9.51. The molecule has 158 valence electrons. The summed E-state index contributed by atoms with van der Waals surface area (Å²) >= 11 is 11.9. The second-order valence-corrected chi connectivity index (χ2v) is 7.13. The van der Waals surface area contributed by atoms with Crippen LogP contribution < -0.4 is 10.2 Å². The van der Waals surface area contributed by atoms with Crippen molar-refractivity contribution < 1.29 is 18.3 Å². The van der Waals surface area contributed by atoms with Gasteiger partial charge in [0, 0.05) is 25.0 Å². The van der Waals surface area contributed by atoms with E-state index in [0.717, 1.165) is 11.8 Å². The van der Waals surface area contributed by atoms with E-state index in [0.29, 0.717) is 10.7 Å². The first kappa shape index (κ1) is 22.1. The molecule has 2 N–H and O–H groups in total. The molecule has 0 unspecified atom stereocenters. The molecule has 0 amide bonds. The molecule has 0 spiro atoms. The molecule has 1 heterocycles. The molecule has 0 fully saturated rings. The molecular weight excluding hydrogens is 440 g/mol. The average molecular weight is 457 g/mol. The number of nitrogens with zero attached hydrogens (tertiary/aromatic N) is 3. The summed E-state index contributed by atoms with van der Waals surface area (Å²) in [4.78, 5) is 9.25. The SMILES string of the molecule is OCCN(Cc1ccccc1)c1nc(Nc2ccc(Cl)c(Cl)c2)ncc1C(F)(F)F. The van der Waals surface area contributed by atoms with E-state index in [1.54, 1.807) is 36.4 Å². The van der Waals surface area contributed by atoms with Crippen molar-refractivity contribution in [3.8, 4) is 0 Å². The van der Waals surface area contributed by atoms with E-state index < -0.39 is 11.7 Å². The predicted molar refractivity (Wildman–Crippen MR) is 111 cm³/mol. The third-order valence-electron chi connectivity index (χ3n) is 4.14. The summed E-state index contributed by atoms with van der Waals surface area (Å²) in [5.74, 6) is -0.384. The largest absolute Gasteiger partial charge is 0.421 e. The second-order valence-electron chi connectivity index (χ2n) is 6.31. The van der Waals surface area contributed by atoms with Crippen molar-refractivity contribution >= 4 is 40.7 Å². The first-order chi connectivity index (χ1) is 14.3. The van der Waals surface area contributed by atoms with E-state index in [1.165, 1.54) is 11.0 Å². The molecule has 2 aromatic carbocycles. The number of aliphatic hydroxyl groups is 1. The fourth-order valence-corrected chi connectivity index (χ4v) is 3.06. The number of nitrogens with one attached hydrogen (secondary N) is 1. The lowest BCUT2D eigenvalue weighted by Gasteiger charge is -2.26. The molecule has 0 aliphatic rings. The van der Waals surface area contributed by atoms with Crippen molar-refractivity contribution in [1.29, 1.82) is 0 Å². The molecule has 3 rings (SSSR count). The zero-order chi connectivity index (χ0) is 21.7. The van der Waals surface area contributed by atoms with Crippen molar-refractivity contribution in [2.24, 2.45) is 0 Å². The van der Waals surface area contributed by atoms with Crippen molar-refractivity contribution in [2.75, 3.05) is 23.4 Å². The van der Waals surface area contributed by atoms with Gasteiger partial charge in [0.15, 0.2) is 0 Å². The van der Waals surface area contributed by atoms with Gasteiger partial charge in [0.2, 0.25) is 5.95 Å². The summed E-state index contributed by atoms with van der Waals surface area (Å²) in [6.45, 7) is -0.251. The van der Waals surface area contributed by atoms with Gasteiger partial charge in [-0.25, -0.2) is 4.98 Å². The van der Waals surface area contributed by atoms with Gasteiger partial charge in [0.25, 0.3) is 0 Å². The Morgan fingerprint density at radius 2 is 1.77 bits per heavy atom. The van der Waals surface area contributed by atoms with Crippen LogP contribution in [0.4, 0.5) is 30.6 Å². The molecule has 0 bridgehead atoms. The standard InChI is InChI=1S/C20H17Cl2F3N4O/c21-16-7-6-14(10-17(16)22)27-19-26-11-15(20(23,24)25)18(28-19)29(8-9-30)12-13-4-2-1-3-5-13/h1-7,10-11,30H,8-9,12H2,(H,26,27,28). The van der Waals surface area contributed by atoms with Gasteiger partial charge >= 0.3 is 6.18 Å². The number of rotatable bonds is 7. The zero-order valence-electron chi connectivity index (χ0n) is 15.5. The number of aromatic nitrogens is 2.